The van der Waals surface area contributed by atoms with Crippen molar-refractivity contribution in [3.8, 4) is 0 Å². The van der Waals surface area contributed by atoms with Crippen molar-refractivity contribution in [2.75, 3.05) is 6.54 Å². The molecule has 5 nitrogen and oxygen atoms in total. The first-order chi connectivity index (χ1) is 9.34. The number of nitrogens with one attached hydrogen (secondary N) is 1. The Morgan fingerprint density at radius 2 is 2.15 bits per heavy atom. The summed E-state index contributed by atoms with van der Waals surface area (Å²) in [6.07, 6.45) is 4.62. The van der Waals surface area contributed by atoms with Crippen LogP contribution >= 0.6 is 11.3 Å². The second-order valence-corrected chi connectivity index (χ2v) is 8.79. The molecule has 0 bridgehead atoms. The zero-order chi connectivity index (χ0) is 14.5. The molecule has 0 saturated heterocycles. The van der Waals surface area contributed by atoms with Crippen molar-refractivity contribution in [2.24, 2.45) is 11.3 Å². The first-order valence-corrected chi connectivity index (χ1v) is 8.97. The highest BCUT2D eigenvalue weighted by Gasteiger charge is 2.53. The summed E-state index contributed by atoms with van der Waals surface area (Å²) >= 11 is 0.998. The van der Waals surface area contributed by atoms with E-state index in [9.17, 15) is 13.2 Å². The van der Waals surface area contributed by atoms with Crippen molar-refractivity contribution >= 4 is 27.3 Å². The van der Waals surface area contributed by atoms with Crippen LogP contribution in [0.5, 0.6) is 0 Å². The Bertz CT molecular complexity index is 654. The van der Waals surface area contributed by atoms with Crippen LogP contribution in [0.3, 0.4) is 0 Å². The molecule has 3 rings (SSSR count). The molecule has 0 radical (unpaired) electrons. The number of carbonyl (C=O) groups is 1. The number of aromatic carboxylic acids is 1. The fourth-order valence-corrected chi connectivity index (χ4v) is 5.31. The van der Waals surface area contributed by atoms with E-state index < -0.39 is 16.0 Å². The van der Waals surface area contributed by atoms with Crippen LogP contribution in [0.25, 0.3) is 0 Å². The van der Waals surface area contributed by atoms with Crippen LogP contribution in [-0.4, -0.2) is 26.0 Å². The van der Waals surface area contributed by atoms with E-state index in [2.05, 4.69) is 4.72 Å². The maximum atomic E-state index is 12.3. The van der Waals surface area contributed by atoms with Crippen molar-refractivity contribution in [3.05, 3.63) is 15.8 Å². The van der Waals surface area contributed by atoms with Crippen LogP contribution in [-0.2, 0) is 10.0 Å². The van der Waals surface area contributed by atoms with Gasteiger partial charge in [0.15, 0.2) is 0 Å². The third kappa shape index (κ3) is 2.49. The van der Waals surface area contributed by atoms with Gasteiger partial charge in [0.2, 0.25) is 10.0 Å². The molecule has 20 heavy (non-hydrogen) atoms. The standard InChI is InChI=1S/C13H17NO4S2/c1-8-11(6-10(19-8)12(15)16)20(17,18)14-7-13(4-5-13)9-2-3-9/h6,9,14H,2-5,7H2,1H3,(H,15,16). The minimum Gasteiger partial charge on any atom is -0.477 e. The van der Waals surface area contributed by atoms with Crippen molar-refractivity contribution in [1.29, 1.82) is 0 Å². The molecule has 1 aromatic heterocycles. The van der Waals surface area contributed by atoms with E-state index in [0.717, 1.165) is 24.2 Å². The summed E-state index contributed by atoms with van der Waals surface area (Å²) in [4.78, 5) is 11.6. The normalized spacial score (nSPS) is 20.9. The number of thiophene rings is 1. The predicted molar refractivity (Wildman–Crippen MR) is 75.6 cm³/mol. The van der Waals surface area contributed by atoms with Crippen LogP contribution in [0.1, 0.15) is 40.2 Å². The molecule has 0 amide bonds. The molecule has 2 aliphatic carbocycles. The summed E-state index contributed by atoms with van der Waals surface area (Å²) in [6.45, 7) is 2.12. The summed E-state index contributed by atoms with van der Waals surface area (Å²) in [5, 5.41) is 8.93. The number of aryl methyl sites for hydroxylation is 1. The van der Waals surface area contributed by atoms with E-state index in [0.29, 0.717) is 17.3 Å². The van der Waals surface area contributed by atoms with Crippen LogP contribution in [0.2, 0.25) is 0 Å². The first-order valence-electron chi connectivity index (χ1n) is 6.67. The molecular formula is C13H17NO4S2. The highest BCUT2D eigenvalue weighted by molar-refractivity contribution is 7.89. The quantitative estimate of drug-likeness (QED) is 0.843. The molecule has 0 spiro atoms. The average Bonchev–Trinajstić information content (AvgIpc) is 3.24. The van der Waals surface area contributed by atoms with E-state index in [1.54, 1.807) is 6.92 Å². The van der Waals surface area contributed by atoms with Crippen LogP contribution < -0.4 is 4.72 Å². The molecule has 1 aromatic rings. The topological polar surface area (TPSA) is 83.5 Å². The summed E-state index contributed by atoms with van der Waals surface area (Å²) in [5.41, 5.74) is 0.187. The third-order valence-electron chi connectivity index (χ3n) is 4.32. The maximum Gasteiger partial charge on any atom is 0.345 e. The molecule has 2 N–H and O–H groups in total. The van der Waals surface area contributed by atoms with Crippen molar-refractivity contribution in [2.45, 2.75) is 37.5 Å². The molecule has 110 valence electrons. The smallest absolute Gasteiger partial charge is 0.345 e. The van der Waals surface area contributed by atoms with Crippen molar-refractivity contribution < 1.29 is 18.3 Å². The summed E-state index contributed by atoms with van der Waals surface area (Å²) in [5.74, 6) is -0.403. The summed E-state index contributed by atoms with van der Waals surface area (Å²) < 4.78 is 27.3. The zero-order valence-electron chi connectivity index (χ0n) is 11.2. The SMILES string of the molecule is Cc1sc(C(=O)O)cc1S(=O)(=O)NCC1(C2CC2)CC1. The monoisotopic (exact) mass is 315 g/mol. The number of hydrogen-bond acceptors (Lipinski definition) is 4. The Hall–Kier alpha value is -0.920. The van der Waals surface area contributed by atoms with E-state index >= 15 is 0 Å². The van der Waals surface area contributed by atoms with E-state index in [4.69, 9.17) is 5.11 Å². The van der Waals surface area contributed by atoms with E-state index in [1.165, 1.54) is 18.9 Å². The lowest BCUT2D eigenvalue weighted by molar-refractivity contribution is 0.0702. The van der Waals surface area contributed by atoms with Gasteiger partial charge in [0.1, 0.15) is 4.88 Å². The minimum atomic E-state index is -3.61. The number of sulfonamides is 1. The molecular weight excluding hydrogens is 298 g/mol. The first kappa shape index (κ1) is 14.0. The number of hydrogen-bond donors (Lipinski definition) is 2. The van der Waals surface area contributed by atoms with Crippen molar-refractivity contribution in [1.82, 2.24) is 4.72 Å². The van der Waals surface area contributed by atoms with E-state index in [-0.39, 0.29) is 15.2 Å². The maximum absolute atomic E-state index is 12.3. The second-order valence-electron chi connectivity index (χ2n) is 5.80. The van der Waals surface area contributed by atoms with Gasteiger partial charge < -0.3 is 5.11 Å². The Kier molecular flexibility index (Phi) is 3.19. The molecule has 2 aliphatic rings. The molecule has 0 unspecified atom stereocenters. The molecule has 0 atom stereocenters. The Morgan fingerprint density at radius 1 is 1.50 bits per heavy atom. The van der Waals surface area contributed by atoms with Crippen molar-refractivity contribution in [3.63, 3.8) is 0 Å². The number of rotatable bonds is 6. The Morgan fingerprint density at radius 3 is 2.60 bits per heavy atom. The minimum absolute atomic E-state index is 0.0613. The largest absolute Gasteiger partial charge is 0.477 e. The summed E-state index contributed by atoms with van der Waals surface area (Å²) in [6, 6.07) is 1.25. The molecule has 2 fully saturated rings. The van der Waals surface area contributed by atoms with Gasteiger partial charge in [-0.1, -0.05) is 0 Å². The van der Waals surface area contributed by atoms with Gasteiger partial charge in [0.25, 0.3) is 0 Å². The second kappa shape index (κ2) is 4.54. The van der Waals surface area contributed by atoms with Crippen LogP contribution in [0.15, 0.2) is 11.0 Å². The summed E-state index contributed by atoms with van der Waals surface area (Å²) in [7, 11) is -3.61. The van der Waals surface area contributed by atoms with Gasteiger partial charge in [-0.2, -0.15) is 0 Å². The Labute approximate surface area is 122 Å². The molecule has 2 saturated carbocycles. The molecule has 0 aliphatic heterocycles. The Balaban J connectivity index is 1.76. The van der Waals surface area contributed by atoms with Gasteiger partial charge in [0, 0.05) is 11.4 Å². The fraction of sp³-hybridized carbons (Fsp3) is 0.615. The molecule has 1 heterocycles. The fourth-order valence-electron chi connectivity index (χ4n) is 2.74. The highest BCUT2D eigenvalue weighted by Crippen LogP contribution is 2.60. The van der Waals surface area contributed by atoms with Gasteiger partial charge in [-0.3, -0.25) is 0 Å². The van der Waals surface area contributed by atoms with Crippen LogP contribution in [0.4, 0.5) is 0 Å². The lowest BCUT2D eigenvalue weighted by Gasteiger charge is -2.15. The lowest BCUT2D eigenvalue weighted by Crippen LogP contribution is -2.31. The average molecular weight is 315 g/mol. The van der Waals surface area contributed by atoms with Gasteiger partial charge in [-0.25, -0.2) is 17.9 Å². The number of carboxylic acids is 1. The van der Waals surface area contributed by atoms with Gasteiger partial charge in [-0.05, 0) is 50.0 Å². The third-order valence-corrected chi connectivity index (χ3v) is 7.02. The van der Waals surface area contributed by atoms with Gasteiger partial charge in [-0.15, -0.1) is 11.3 Å². The highest BCUT2D eigenvalue weighted by atomic mass is 32.2. The van der Waals surface area contributed by atoms with Gasteiger partial charge >= 0.3 is 5.97 Å². The zero-order valence-corrected chi connectivity index (χ0v) is 12.8. The molecule has 0 aromatic carbocycles. The predicted octanol–water partition coefficient (Wildman–Crippen LogP) is 2.22. The van der Waals surface area contributed by atoms with Crippen LogP contribution in [0, 0.1) is 18.3 Å². The van der Waals surface area contributed by atoms with Gasteiger partial charge in [0.05, 0.1) is 4.90 Å². The molecule has 7 heteroatoms. The number of carboxylic acid groups (broad SMARTS) is 1. The lowest BCUT2D eigenvalue weighted by atomic mass is 10.0. The van der Waals surface area contributed by atoms with E-state index in [1.807, 2.05) is 0 Å².